The summed E-state index contributed by atoms with van der Waals surface area (Å²) < 4.78 is 48.6. The highest BCUT2D eigenvalue weighted by Crippen LogP contribution is 2.25. The van der Waals surface area contributed by atoms with E-state index in [4.69, 9.17) is 4.74 Å². The zero-order chi connectivity index (χ0) is 12.3. The Bertz CT molecular complexity index is 346. The highest BCUT2D eigenvalue weighted by Gasteiger charge is 2.18. The number of ether oxygens (including phenoxy) is 1. The van der Waals surface area contributed by atoms with Gasteiger partial charge in [-0.2, -0.15) is 0 Å². The lowest BCUT2D eigenvalue weighted by Crippen LogP contribution is -2.14. The minimum Gasteiger partial charge on any atom is -0.352 e. The third-order valence-electron chi connectivity index (χ3n) is 1.00. The van der Waals surface area contributed by atoms with E-state index in [1.165, 1.54) is 0 Å². The third-order valence-corrected chi connectivity index (χ3v) is 6.19. The number of hydrogen-bond donors (Lipinski definition) is 0. The van der Waals surface area contributed by atoms with Gasteiger partial charge in [0.05, 0.1) is 0 Å². The fourth-order valence-corrected chi connectivity index (χ4v) is 5.51. The highest BCUT2D eigenvalue weighted by atomic mass is 33.1. The molecule has 2 unspecified atom stereocenters. The summed E-state index contributed by atoms with van der Waals surface area (Å²) in [6, 6.07) is 0. The molecule has 0 aromatic heterocycles. The van der Waals surface area contributed by atoms with E-state index in [1.807, 2.05) is 0 Å². The molecule has 5 nitrogen and oxygen atoms in total. The molecule has 0 fully saturated rings. The van der Waals surface area contributed by atoms with Crippen LogP contribution in [-0.2, 0) is 22.5 Å². The van der Waals surface area contributed by atoms with E-state index in [1.54, 1.807) is 13.8 Å². The van der Waals surface area contributed by atoms with Crippen LogP contribution in [0.2, 0.25) is 0 Å². The van der Waals surface area contributed by atoms with Crippen LogP contribution in [-0.4, -0.2) is 40.2 Å². The van der Waals surface area contributed by atoms with Gasteiger partial charge in [-0.15, -0.1) is 0 Å². The van der Waals surface area contributed by atoms with Crippen molar-refractivity contribution in [2.24, 2.45) is 0 Å². The van der Waals surface area contributed by atoms with E-state index in [0.717, 1.165) is 12.5 Å². The van der Waals surface area contributed by atoms with Crippen molar-refractivity contribution < 1.29 is 21.6 Å². The van der Waals surface area contributed by atoms with Crippen molar-refractivity contribution in [2.75, 3.05) is 12.5 Å². The van der Waals surface area contributed by atoms with Gasteiger partial charge in [-0.1, -0.05) is 0 Å². The minimum absolute atomic E-state index is 0.593. The molecule has 0 heterocycles. The van der Waals surface area contributed by atoms with Gasteiger partial charge in [-0.3, -0.25) is 0 Å². The molecular weight excluding hydrogens is 280 g/mol. The maximum atomic E-state index is 10.9. The van der Waals surface area contributed by atoms with E-state index in [9.17, 15) is 16.8 Å². The second-order valence-electron chi connectivity index (χ2n) is 2.87. The Morgan fingerprint density at radius 2 is 1.13 bits per heavy atom. The molecule has 0 aliphatic carbocycles. The van der Waals surface area contributed by atoms with E-state index in [0.29, 0.717) is 21.6 Å². The first-order chi connectivity index (χ1) is 6.49. The summed E-state index contributed by atoms with van der Waals surface area (Å²) in [4.78, 5) is 0. The standard InChI is InChI=1S/C6H14O5S4/c1-5(12-14(3,7)8)11-6(2)13-15(4,9)10/h5-6H,1-4H3. The molecular formula is C6H14O5S4. The average Bonchev–Trinajstić information content (AvgIpc) is 1.73. The lowest BCUT2D eigenvalue weighted by molar-refractivity contribution is 0.115. The summed E-state index contributed by atoms with van der Waals surface area (Å²) in [5, 5.41) is 0. The van der Waals surface area contributed by atoms with Crippen LogP contribution in [0.4, 0.5) is 0 Å². The van der Waals surface area contributed by atoms with Gasteiger partial charge in [-0.05, 0) is 35.4 Å². The lowest BCUT2D eigenvalue weighted by atomic mass is 10.8. The van der Waals surface area contributed by atoms with E-state index >= 15 is 0 Å². The van der Waals surface area contributed by atoms with Gasteiger partial charge in [0.2, 0.25) is 17.7 Å². The zero-order valence-corrected chi connectivity index (χ0v) is 12.1. The first kappa shape index (κ1) is 15.6. The summed E-state index contributed by atoms with van der Waals surface area (Å²) in [7, 11) is -5.05. The highest BCUT2D eigenvalue weighted by molar-refractivity contribution is 8.72. The van der Waals surface area contributed by atoms with Gasteiger partial charge in [0.25, 0.3) is 0 Å². The molecule has 15 heavy (non-hydrogen) atoms. The number of hydrogen-bond acceptors (Lipinski definition) is 7. The molecule has 0 spiro atoms. The summed E-state index contributed by atoms with van der Waals surface area (Å²) in [5.74, 6) is 0. The van der Waals surface area contributed by atoms with E-state index in [2.05, 4.69) is 0 Å². The van der Waals surface area contributed by atoms with Gasteiger partial charge in [0, 0.05) is 12.5 Å². The van der Waals surface area contributed by atoms with Crippen LogP contribution >= 0.6 is 21.6 Å². The molecule has 0 saturated heterocycles. The first-order valence-corrected chi connectivity index (χ1v) is 10.5. The van der Waals surface area contributed by atoms with Crippen molar-refractivity contribution in [2.45, 2.75) is 24.7 Å². The van der Waals surface area contributed by atoms with Crippen molar-refractivity contribution in [3.63, 3.8) is 0 Å². The van der Waals surface area contributed by atoms with Crippen LogP contribution in [0.5, 0.6) is 0 Å². The van der Waals surface area contributed by atoms with Crippen LogP contribution in [0.3, 0.4) is 0 Å². The van der Waals surface area contributed by atoms with Crippen LogP contribution in [0, 0.1) is 0 Å². The molecule has 0 amide bonds. The third kappa shape index (κ3) is 10.8. The summed E-state index contributed by atoms with van der Waals surface area (Å²) in [5.41, 5.74) is -1.19. The Morgan fingerprint density at radius 1 is 0.867 bits per heavy atom. The molecule has 0 aliphatic heterocycles. The van der Waals surface area contributed by atoms with Gasteiger partial charge >= 0.3 is 0 Å². The molecule has 0 N–H and O–H groups in total. The van der Waals surface area contributed by atoms with E-state index < -0.39 is 28.6 Å². The molecule has 9 heteroatoms. The largest absolute Gasteiger partial charge is 0.352 e. The van der Waals surface area contributed by atoms with Crippen LogP contribution in [0.1, 0.15) is 13.8 Å². The second-order valence-corrected chi connectivity index (χ2v) is 12.2. The smallest absolute Gasteiger partial charge is 0.201 e. The molecule has 92 valence electrons. The lowest BCUT2D eigenvalue weighted by Gasteiger charge is -2.16. The van der Waals surface area contributed by atoms with Gasteiger partial charge in [-0.25, -0.2) is 16.8 Å². The number of rotatable bonds is 6. The Hall–Kier alpha value is 0.560. The van der Waals surface area contributed by atoms with Gasteiger partial charge in [0.1, 0.15) is 10.9 Å². The van der Waals surface area contributed by atoms with Crippen molar-refractivity contribution >= 4 is 39.3 Å². The fraction of sp³-hybridized carbons (Fsp3) is 1.00. The van der Waals surface area contributed by atoms with Gasteiger partial charge in [0.15, 0.2) is 0 Å². The maximum Gasteiger partial charge on any atom is 0.201 e. The van der Waals surface area contributed by atoms with Crippen molar-refractivity contribution in [3.8, 4) is 0 Å². The molecule has 0 saturated carbocycles. The van der Waals surface area contributed by atoms with Crippen molar-refractivity contribution in [1.82, 2.24) is 0 Å². The molecule has 0 aliphatic rings. The molecule has 2 atom stereocenters. The SMILES string of the molecule is CC(OC(C)SS(C)(=O)=O)SS(C)(=O)=O. The normalized spacial score (nSPS) is 17.3. The van der Waals surface area contributed by atoms with Crippen molar-refractivity contribution in [1.29, 1.82) is 0 Å². The first-order valence-electron chi connectivity index (χ1n) is 3.91. The monoisotopic (exact) mass is 294 g/mol. The quantitative estimate of drug-likeness (QED) is 0.536. The van der Waals surface area contributed by atoms with E-state index in [-0.39, 0.29) is 0 Å². The fourth-order valence-electron chi connectivity index (χ4n) is 0.808. The predicted molar refractivity (Wildman–Crippen MR) is 64.9 cm³/mol. The molecule has 0 bridgehead atoms. The van der Waals surface area contributed by atoms with Gasteiger partial charge < -0.3 is 4.74 Å². The zero-order valence-electron chi connectivity index (χ0n) is 8.83. The second kappa shape index (κ2) is 5.76. The topological polar surface area (TPSA) is 77.5 Å². The Balaban J connectivity index is 4.14. The predicted octanol–water partition coefficient (Wildman–Crippen LogP) is 1.08. The molecule has 0 aromatic carbocycles. The molecule has 0 rings (SSSR count). The average molecular weight is 294 g/mol. The Kier molecular flexibility index (Phi) is 5.97. The summed E-state index contributed by atoms with van der Waals surface area (Å²) in [6.07, 6.45) is 2.15. The maximum absolute atomic E-state index is 10.9. The van der Waals surface area contributed by atoms with Crippen LogP contribution < -0.4 is 0 Å². The summed E-state index contributed by atoms with van der Waals surface area (Å²) >= 11 is 0. The Morgan fingerprint density at radius 3 is 1.33 bits per heavy atom. The van der Waals surface area contributed by atoms with Crippen molar-refractivity contribution in [3.05, 3.63) is 0 Å². The minimum atomic E-state index is -3.18. The van der Waals surface area contributed by atoms with Crippen LogP contribution in [0.15, 0.2) is 0 Å². The molecule has 0 aromatic rings. The molecule has 0 radical (unpaired) electrons. The summed E-state index contributed by atoms with van der Waals surface area (Å²) in [6.45, 7) is 3.12. The van der Waals surface area contributed by atoms with Crippen LogP contribution in [0.25, 0.3) is 0 Å². The Labute approximate surface area is 98.0 Å².